The van der Waals surface area contributed by atoms with Crippen LogP contribution in [0, 0.1) is 0 Å². The van der Waals surface area contributed by atoms with E-state index in [-0.39, 0.29) is 0 Å². The highest BCUT2D eigenvalue weighted by atomic mass is 32.2. The van der Waals surface area contributed by atoms with Crippen LogP contribution in [0.5, 0.6) is 0 Å². The van der Waals surface area contributed by atoms with E-state index in [4.69, 9.17) is 10.8 Å². The Hall–Kier alpha value is -0.220. The quantitative estimate of drug-likeness (QED) is 0.597. The van der Waals surface area contributed by atoms with Crippen molar-refractivity contribution in [2.45, 2.75) is 13.0 Å². The molecule has 0 heterocycles. The van der Waals surface area contributed by atoms with E-state index >= 15 is 0 Å². The minimum absolute atomic E-state index is 0.506. The normalized spacial score (nSPS) is 13.1. The van der Waals surface area contributed by atoms with Crippen molar-refractivity contribution in [3.63, 3.8) is 0 Å². The van der Waals surface area contributed by atoms with Gasteiger partial charge in [-0.25, -0.2) is 0 Å². The van der Waals surface area contributed by atoms with Crippen LogP contribution in [0.4, 0.5) is 0 Å². The third-order valence-electron chi connectivity index (χ3n) is 0.819. The molecule has 0 saturated heterocycles. The third kappa shape index (κ3) is 4.29. The fourth-order valence-electron chi connectivity index (χ4n) is 0.316. The molecular weight excluding hydrogens is 138 g/mol. The summed E-state index contributed by atoms with van der Waals surface area (Å²) in [5.41, 5.74) is 5.18. The van der Waals surface area contributed by atoms with Crippen molar-refractivity contribution in [1.29, 1.82) is 0 Å². The second kappa shape index (κ2) is 4.64. The summed E-state index contributed by atoms with van der Waals surface area (Å²) < 4.78 is 0. The van der Waals surface area contributed by atoms with Crippen molar-refractivity contribution in [1.82, 2.24) is 0 Å². The van der Waals surface area contributed by atoms with Crippen molar-refractivity contribution in [2.24, 2.45) is 5.73 Å². The molecule has 9 heavy (non-hydrogen) atoms. The number of carboxylic acids is 1. The molecule has 0 bridgehead atoms. The van der Waals surface area contributed by atoms with Crippen LogP contribution in [0.25, 0.3) is 0 Å². The topological polar surface area (TPSA) is 63.3 Å². The van der Waals surface area contributed by atoms with E-state index in [1.807, 2.05) is 6.92 Å². The molecule has 4 heteroatoms. The van der Waals surface area contributed by atoms with Gasteiger partial charge < -0.3 is 10.8 Å². The lowest BCUT2D eigenvalue weighted by Crippen LogP contribution is -2.32. The number of carbonyl (C=O) groups is 1. The Morgan fingerprint density at radius 1 is 1.89 bits per heavy atom. The zero-order chi connectivity index (χ0) is 7.28. The first kappa shape index (κ1) is 8.78. The highest BCUT2D eigenvalue weighted by molar-refractivity contribution is 7.99. The highest BCUT2D eigenvalue weighted by Crippen LogP contribution is 1.99. The van der Waals surface area contributed by atoms with Crippen LogP contribution in [0.2, 0.25) is 0 Å². The zero-order valence-electron chi connectivity index (χ0n) is 5.33. The van der Waals surface area contributed by atoms with Crippen molar-refractivity contribution < 1.29 is 9.90 Å². The molecule has 0 spiro atoms. The van der Waals surface area contributed by atoms with Crippen LogP contribution in [-0.4, -0.2) is 28.6 Å². The fraction of sp³-hybridized carbons (Fsp3) is 0.800. The molecule has 0 saturated carbocycles. The lowest BCUT2D eigenvalue weighted by molar-refractivity contribution is -0.137. The molecule has 0 radical (unpaired) electrons. The van der Waals surface area contributed by atoms with Crippen molar-refractivity contribution in [3.8, 4) is 0 Å². The second-order valence-electron chi connectivity index (χ2n) is 1.60. The molecule has 0 aliphatic heterocycles. The van der Waals surface area contributed by atoms with E-state index in [9.17, 15) is 4.79 Å². The molecule has 0 rings (SSSR count). The highest BCUT2D eigenvalue weighted by Gasteiger charge is 2.09. The number of carboxylic acid groups (broad SMARTS) is 1. The molecule has 3 N–H and O–H groups in total. The van der Waals surface area contributed by atoms with Crippen molar-refractivity contribution in [2.75, 3.05) is 11.5 Å². The van der Waals surface area contributed by atoms with Gasteiger partial charge in [0, 0.05) is 5.75 Å². The molecule has 0 amide bonds. The maximum Gasteiger partial charge on any atom is 0.321 e. The zero-order valence-corrected chi connectivity index (χ0v) is 6.15. The molecule has 1 unspecified atom stereocenters. The lowest BCUT2D eigenvalue weighted by Gasteiger charge is -2.02. The molecular formula is C5H11NO2S. The van der Waals surface area contributed by atoms with Gasteiger partial charge in [0.25, 0.3) is 0 Å². The number of nitrogens with two attached hydrogens (primary N) is 1. The van der Waals surface area contributed by atoms with Gasteiger partial charge in [0.1, 0.15) is 6.04 Å². The molecule has 54 valence electrons. The first-order valence-electron chi connectivity index (χ1n) is 2.74. The van der Waals surface area contributed by atoms with Gasteiger partial charge in [0.05, 0.1) is 0 Å². The minimum atomic E-state index is -0.920. The van der Waals surface area contributed by atoms with Crippen LogP contribution in [0.15, 0.2) is 0 Å². The largest absolute Gasteiger partial charge is 0.480 e. The van der Waals surface area contributed by atoms with Gasteiger partial charge in [0.2, 0.25) is 0 Å². The Morgan fingerprint density at radius 3 is 2.78 bits per heavy atom. The monoisotopic (exact) mass is 149 g/mol. The van der Waals surface area contributed by atoms with Crippen LogP contribution in [0.1, 0.15) is 6.92 Å². The van der Waals surface area contributed by atoms with Gasteiger partial charge in [-0.2, -0.15) is 11.8 Å². The summed E-state index contributed by atoms with van der Waals surface area (Å²) in [6, 6.07) is -0.699. The van der Waals surface area contributed by atoms with Crippen LogP contribution in [-0.2, 0) is 4.79 Å². The van der Waals surface area contributed by atoms with E-state index < -0.39 is 12.0 Å². The van der Waals surface area contributed by atoms with Crippen molar-refractivity contribution in [3.05, 3.63) is 0 Å². The maximum atomic E-state index is 10.1. The summed E-state index contributed by atoms with van der Waals surface area (Å²) in [4.78, 5) is 10.1. The summed E-state index contributed by atoms with van der Waals surface area (Å²) in [6.07, 6.45) is 0. The summed E-state index contributed by atoms with van der Waals surface area (Å²) in [5, 5.41) is 8.27. The maximum absolute atomic E-state index is 10.1. The lowest BCUT2D eigenvalue weighted by atomic mass is 10.4. The van der Waals surface area contributed by atoms with E-state index in [1.54, 1.807) is 0 Å². The van der Waals surface area contributed by atoms with Gasteiger partial charge >= 0.3 is 5.97 Å². The Morgan fingerprint density at radius 2 is 2.44 bits per heavy atom. The first-order valence-corrected chi connectivity index (χ1v) is 3.90. The van der Waals surface area contributed by atoms with E-state index in [2.05, 4.69) is 0 Å². The third-order valence-corrected chi connectivity index (χ3v) is 1.82. The molecule has 0 fully saturated rings. The Balaban J connectivity index is 3.27. The van der Waals surface area contributed by atoms with Gasteiger partial charge in [-0.1, -0.05) is 6.92 Å². The minimum Gasteiger partial charge on any atom is -0.480 e. The number of hydrogen-bond donors (Lipinski definition) is 2. The second-order valence-corrected chi connectivity index (χ2v) is 2.92. The van der Waals surface area contributed by atoms with E-state index in [1.165, 1.54) is 11.8 Å². The number of aliphatic carboxylic acids is 1. The number of thioether (sulfide) groups is 1. The molecule has 3 nitrogen and oxygen atoms in total. The smallest absolute Gasteiger partial charge is 0.321 e. The summed E-state index contributed by atoms with van der Waals surface area (Å²) in [6.45, 7) is 1.97. The first-order chi connectivity index (χ1) is 4.18. The van der Waals surface area contributed by atoms with E-state index in [0.717, 1.165) is 5.75 Å². The Labute approximate surface area is 58.6 Å². The van der Waals surface area contributed by atoms with Gasteiger partial charge in [-0.15, -0.1) is 0 Å². The number of rotatable bonds is 4. The molecule has 0 aliphatic rings. The van der Waals surface area contributed by atoms with Gasteiger partial charge in [0.15, 0.2) is 0 Å². The van der Waals surface area contributed by atoms with Gasteiger partial charge in [-0.3, -0.25) is 4.79 Å². The molecule has 0 aromatic heterocycles. The predicted molar refractivity (Wildman–Crippen MR) is 38.6 cm³/mol. The van der Waals surface area contributed by atoms with Gasteiger partial charge in [-0.05, 0) is 5.75 Å². The summed E-state index contributed by atoms with van der Waals surface area (Å²) >= 11 is 1.54. The molecule has 0 aromatic rings. The SMILES string of the molecule is CCSCC(N)C(=O)O. The number of hydrogen-bond acceptors (Lipinski definition) is 3. The predicted octanol–water partition coefficient (Wildman–Crippen LogP) is 0.151. The Kier molecular flexibility index (Phi) is 4.53. The average Bonchev–Trinajstić information content (AvgIpc) is 1.82. The van der Waals surface area contributed by atoms with Crippen LogP contribution >= 0.6 is 11.8 Å². The van der Waals surface area contributed by atoms with Crippen LogP contribution < -0.4 is 5.73 Å². The summed E-state index contributed by atoms with van der Waals surface area (Å²) in [7, 11) is 0. The Bertz CT molecular complexity index is 97.0. The van der Waals surface area contributed by atoms with E-state index in [0.29, 0.717) is 5.75 Å². The standard InChI is InChI=1S/C5H11NO2S/c1-2-9-3-4(6)5(7)8/h4H,2-3,6H2,1H3,(H,7,8). The summed E-state index contributed by atoms with van der Waals surface area (Å²) in [5.74, 6) is 0.503. The fourth-order valence-corrected chi connectivity index (χ4v) is 0.948. The van der Waals surface area contributed by atoms with Crippen LogP contribution in [0.3, 0.4) is 0 Å². The molecule has 0 aliphatic carbocycles. The molecule has 1 atom stereocenters. The van der Waals surface area contributed by atoms with Crippen molar-refractivity contribution >= 4 is 17.7 Å². The molecule has 0 aromatic carbocycles. The average molecular weight is 149 g/mol.